The van der Waals surface area contributed by atoms with Gasteiger partial charge in [0, 0.05) is 7.05 Å². The van der Waals surface area contributed by atoms with Crippen LogP contribution in [0.1, 0.15) is 63.4 Å². The summed E-state index contributed by atoms with van der Waals surface area (Å²) in [4.78, 5) is 39.5. The largest absolute Gasteiger partial charge is 0.443 e. The number of aromatic nitrogens is 1. The molecule has 148 valence electrons. The van der Waals surface area contributed by atoms with Gasteiger partial charge in [0.1, 0.15) is 21.4 Å². The molecule has 0 saturated heterocycles. The molecule has 1 aliphatic heterocycles. The molecule has 1 fully saturated rings. The molecule has 2 amide bonds. The van der Waals surface area contributed by atoms with Crippen LogP contribution in [0.2, 0.25) is 5.02 Å². The Labute approximate surface area is 171 Å². The van der Waals surface area contributed by atoms with Gasteiger partial charge < -0.3 is 10.1 Å². The maximum atomic E-state index is 13.2. The van der Waals surface area contributed by atoms with Crippen LogP contribution in [0.25, 0.3) is 0 Å². The molecule has 0 aromatic carbocycles. The van der Waals surface area contributed by atoms with Gasteiger partial charge in [-0.25, -0.2) is 4.79 Å². The highest BCUT2D eigenvalue weighted by Crippen LogP contribution is 2.42. The van der Waals surface area contributed by atoms with E-state index in [0.717, 1.165) is 24.2 Å². The normalized spacial score (nSPS) is 18.2. The van der Waals surface area contributed by atoms with Crippen LogP contribution < -0.4 is 15.8 Å². The maximum absolute atomic E-state index is 13.2. The Bertz CT molecular complexity index is 869. The Morgan fingerprint density at radius 2 is 1.85 bits per heavy atom. The molecule has 2 heterocycles. The monoisotopic (exact) mass is 459 g/mol. The quantitative estimate of drug-likeness (QED) is 0.687. The molecule has 0 atom stereocenters. The Morgan fingerprint density at radius 1 is 1.26 bits per heavy atom. The van der Waals surface area contributed by atoms with E-state index in [1.165, 1.54) is 11.6 Å². The smallest absolute Gasteiger partial charge is 0.414 e. The molecule has 7 nitrogen and oxygen atoms in total. The third kappa shape index (κ3) is 3.38. The second-order valence-corrected chi connectivity index (χ2v) is 9.22. The molecular formula is C18H23BrClN3O4. The third-order valence-corrected chi connectivity index (χ3v) is 5.98. The van der Waals surface area contributed by atoms with Gasteiger partial charge in [-0.05, 0) is 62.4 Å². The second-order valence-electron chi connectivity index (χ2n) is 8.05. The van der Waals surface area contributed by atoms with E-state index in [-0.39, 0.29) is 26.4 Å². The van der Waals surface area contributed by atoms with E-state index in [0.29, 0.717) is 12.8 Å². The molecule has 1 saturated carbocycles. The third-order valence-electron chi connectivity index (χ3n) is 4.91. The minimum atomic E-state index is -0.739. The van der Waals surface area contributed by atoms with Gasteiger partial charge in [0.15, 0.2) is 0 Å². The lowest BCUT2D eigenvalue weighted by Crippen LogP contribution is -2.49. The predicted molar refractivity (Wildman–Crippen MR) is 107 cm³/mol. The first-order valence-electron chi connectivity index (χ1n) is 8.92. The first-order valence-corrected chi connectivity index (χ1v) is 10.1. The van der Waals surface area contributed by atoms with Gasteiger partial charge in [-0.1, -0.05) is 18.0 Å². The van der Waals surface area contributed by atoms with Crippen LogP contribution in [0.4, 0.5) is 10.5 Å². The first kappa shape index (κ1) is 20.2. The van der Waals surface area contributed by atoms with E-state index in [2.05, 4.69) is 21.2 Å². The van der Waals surface area contributed by atoms with Crippen molar-refractivity contribution in [1.29, 1.82) is 0 Å². The molecule has 27 heavy (non-hydrogen) atoms. The van der Waals surface area contributed by atoms with Gasteiger partial charge in [0.2, 0.25) is 0 Å². The summed E-state index contributed by atoms with van der Waals surface area (Å²) in [6.45, 7) is 5.23. The number of rotatable bonds is 1. The minimum Gasteiger partial charge on any atom is -0.443 e. The van der Waals surface area contributed by atoms with Gasteiger partial charge in [-0.15, -0.1) is 0 Å². The number of hydrogen-bond donors (Lipinski definition) is 1. The maximum Gasteiger partial charge on any atom is 0.414 e. The molecule has 2 aliphatic rings. The van der Waals surface area contributed by atoms with Crippen LogP contribution >= 0.6 is 27.5 Å². The van der Waals surface area contributed by atoms with Gasteiger partial charge in [-0.3, -0.25) is 19.1 Å². The van der Waals surface area contributed by atoms with Crippen molar-refractivity contribution in [2.45, 2.75) is 64.1 Å². The number of nitrogens with one attached hydrogen (secondary N) is 1. The highest BCUT2D eigenvalue weighted by Gasteiger charge is 2.47. The number of hydrogen-bond acceptors (Lipinski definition) is 4. The van der Waals surface area contributed by atoms with Crippen molar-refractivity contribution in [3.8, 4) is 0 Å². The standard InChI is InChI=1S/C18H23BrClN3O4/c1-17(2,3)27-16(26)22(4)12-10(19)15(25)23-13(11(12)20)14(24)21-18(23)8-6-5-7-9-18/h5-9H2,1-4H3,(H,21,24). The summed E-state index contributed by atoms with van der Waals surface area (Å²) >= 11 is 9.84. The number of anilines is 1. The average Bonchev–Trinajstić information content (AvgIpc) is 2.84. The summed E-state index contributed by atoms with van der Waals surface area (Å²) in [5.74, 6) is -0.398. The van der Waals surface area contributed by atoms with E-state index in [1.807, 2.05) is 0 Å². The molecule has 1 aliphatic carbocycles. The summed E-state index contributed by atoms with van der Waals surface area (Å²) in [5.41, 5.74) is -1.61. The van der Waals surface area contributed by atoms with Crippen molar-refractivity contribution >= 4 is 45.2 Å². The van der Waals surface area contributed by atoms with E-state index < -0.39 is 23.3 Å². The number of carbonyl (C=O) groups is 2. The Kier molecular flexibility index (Phi) is 5.10. The fourth-order valence-corrected chi connectivity index (χ4v) is 4.89. The average molecular weight is 461 g/mol. The fourth-order valence-electron chi connectivity index (χ4n) is 3.75. The zero-order valence-corrected chi connectivity index (χ0v) is 18.2. The molecule has 9 heteroatoms. The van der Waals surface area contributed by atoms with Gasteiger partial charge in [0.25, 0.3) is 11.5 Å². The Hall–Kier alpha value is -1.54. The summed E-state index contributed by atoms with van der Waals surface area (Å²) < 4.78 is 6.95. The molecule has 3 rings (SSSR count). The van der Waals surface area contributed by atoms with Crippen LogP contribution in [-0.2, 0) is 10.4 Å². The van der Waals surface area contributed by atoms with Crippen LogP contribution in [0.15, 0.2) is 9.27 Å². The van der Waals surface area contributed by atoms with Crippen molar-refractivity contribution in [2.24, 2.45) is 0 Å². The van der Waals surface area contributed by atoms with E-state index in [1.54, 1.807) is 20.8 Å². The molecule has 0 bridgehead atoms. The lowest BCUT2D eigenvalue weighted by atomic mass is 9.89. The van der Waals surface area contributed by atoms with Crippen molar-refractivity contribution in [2.75, 3.05) is 11.9 Å². The van der Waals surface area contributed by atoms with Crippen LogP contribution in [0, 0.1) is 0 Å². The van der Waals surface area contributed by atoms with Gasteiger partial charge >= 0.3 is 6.09 Å². The number of carbonyl (C=O) groups excluding carboxylic acids is 2. The predicted octanol–water partition coefficient (Wildman–Crippen LogP) is 4.00. The molecule has 1 N–H and O–H groups in total. The summed E-state index contributed by atoms with van der Waals surface area (Å²) in [6.07, 6.45) is 3.59. The summed E-state index contributed by atoms with van der Waals surface area (Å²) in [6, 6.07) is 0. The number of nitrogens with zero attached hydrogens (tertiary/aromatic N) is 2. The molecular weight excluding hydrogens is 438 g/mol. The lowest BCUT2D eigenvalue weighted by molar-refractivity contribution is 0.0588. The number of ether oxygens (including phenoxy) is 1. The second kappa shape index (κ2) is 6.81. The Balaban J connectivity index is 2.14. The van der Waals surface area contributed by atoms with Crippen LogP contribution in [0.3, 0.4) is 0 Å². The van der Waals surface area contributed by atoms with Crippen molar-refractivity contribution in [1.82, 2.24) is 9.88 Å². The van der Waals surface area contributed by atoms with Gasteiger partial charge in [-0.2, -0.15) is 0 Å². The molecule has 1 aromatic rings. The molecule has 0 unspecified atom stereocenters. The Morgan fingerprint density at radius 3 is 2.41 bits per heavy atom. The van der Waals surface area contributed by atoms with Gasteiger partial charge in [0.05, 0.1) is 10.7 Å². The van der Waals surface area contributed by atoms with Crippen LogP contribution in [-0.4, -0.2) is 29.2 Å². The number of amides is 2. The molecule has 0 radical (unpaired) electrons. The molecule has 1 aromatic heterocycles. The highest BCUT2D eigenvalue weighted by molar-refractivity contribution is 9.10. The zero-order valence-electron chi connectivity index (χ0n) is 15.8. The first-order chi connectivity index (χ1) is 12.5. The van der Waals surface area contributed by atoms with E-state index >= 15 is 0 Å². The lowest BCUT2D eigenvalue weighted by Gasteiger charge is -2.35. The number of fused-ring (bicyclic) bond motifs is 2. The summed E-state index contributed by atoms with van der Waals surface area (Å²) in [7, 11) is 1.46. The highest BCUT2D eigenvalue weighted by atomic mass is 79.9. The minimum absolute atomic E-state index is 0.0507. The SMILES string of the molecule is CN(C(=O)OC(C)(C)C)c1c(Cl)c2n(c(=O)c1Br)C1(CCCCC1)NC2=O. The van der Waals surface area contributed by atoms with E-state index in [9.17, 15) is 14.4 Å². The number of halogens is 2. The van der Waals surface area contributed by atoms with Crippen LogP contribution in [0.5, 0.6) is 0 Å². The number of pyridine rings is 1. The van der Waals surface area contributed by atoms with Crippen molar-refractivity contribution in [3.63, 3.8) is 0 Å². The van der Waals surface area contributed by atoms with Crippen molar-refractivity contribution < 1.29 is 14.3 Å². The van der Waals surface area contributed by atoms with E-state index in [4.69, 9.17) is 16.3 Å². The fraction of sp³-hybridized carbons (Fsp3) is 0.611. The topological polar surface area (TPSA) is 80.6 Å². The molecule has 1 spiro atoms. The van der Waals surface area contributed by atoms with Crippen molar-refractivity contribution in [3.05, 3.63) is 25.5 Å². The zero-order chi connectivity index (χ0) is 20.1. The summed E-state index contributed by atoms with van der Waals surface area (Å²) in [5, 5.41) is 3.01.